The molecule has 0 saturated heterocycles. The van der Waals surface area contributed by atoms with Crippen LogP contribution in [0.25, 0.3) is 0 Å². The number of rotatable bonds is 6. The van der Waals surface area contributed by atoms with Crippen LogP contribution in [-0.2, 0) is 0 Å². The van der Waals surface area contributed by atoms with Gasteiger partial charge in [0, 0.05) is 6.42 Å². The summed E-state index contributed by atoms with van der Waals surface area (Å²) in [4.78, 5) is 0. The fourth-order valence-corrected chi connectivity index (χ4v) is 1.39. The van der Waals surface area contributed by atoms with Crippen molar-refractivity contribution in [3.8, 4) is 11.8 Å². The monoisotopic (exact) mass is 221 g/mol. The number of hydrogen-bond acceptors (Lipinski definition) is 2. The van der Waals surface area contributed by atoms with Crippen LogP contribution in [0, 0.1) is 24.1 Å². The van der Waals surface area contributed by atoms with E-state index in [1.54, 1.807) is 12.1 Å². The lowest BCUT2D eigenvalue weighted by Crippen LogP contribution is -1.99. The first-order valence-electron chi connectivity index (χ1n) is 5.50. The Morgan fingerprint density at radius 2 is 2.12 bits per heavy atom. The Hall–Kier alpha value is -1.56. The summed E-state index contributed by atoms with van der Waals surface area (Å²) >= 11 is 0. The third-order valence-corrected chi connectivity index (χ3v) is 2.28. The second-order valence-electron chi connectivity index (χ2n) is 3.75. The molecule has 16 heavy (non-hydrogen) atoms. The third-order valence-electron chi connectivity index (χ3n) is 2.28. The highest BCUT2D eigenvalue weighted by molar-refractivity contribution is 5.29. The highest BCUT2D eigenvalue weighted by Crippen LogP contribution is 2.18. The van der Waals surface area contributed by atoms with E-state index < -0.39 is 0 Å². The summed E-state index contributed by atoms with van der Waals surface area (Å²) in [7, 11) is 0. The van der Waals surface area contributed by atoms with E-state index in [4.69, 9.17) is 10.00 Å². The lowest BCUT2D eigenvalue weighted by molar-refractivity contribution is 0.291. The van der Waals surface area contributed by atoms with E-state index in [1.807, 2.05) is 6.92 Å². The fourth-order valence-electron chi connectivity index (χ4n) is 1.39. The topological polar surface area (TPSA) is 33.0 Å². The molecule has 0 saturated carbocycles. The van der Waals surface area contributed by atoms with Gasteiger partial charge < -0.3 is 4.74 Å². The molecule has 0 bridgehead atoms. The van der Waals surface area contributed by atoms with E-state index >= 15 is 0 Å². The van der Waals surface area contributed by atoms with Crippen molar-refractivity contribution in [2.45, 2.75) is 32.6 Å². The van der Waals surface area contributed by atoms with Gasteiger partial charge in [-0.3, -0.25) is 0 Å². The molecule has 2 nitrogen and oxygen atoms in total. The highest BCUT2D eigenvalue weighted by atomic mass is 19.1. The molecule has 3 heteroatoms. The lowest BCUT2D eigenvalue weighted by Gasteiger charge is -2.07. The minimum Gasteiger partial charge on any atom is -0.491 e. The Kier molecular flexibility index (Phi) is 5.35. The zero-order chi connectivity index (χ0) is 11.8. The van der Waals surface area contributed by atoms with Crippen LogP contribution in [-0.4, -0.2) is 6.61 Å². The molecule has 0 atom stereocenters. The van der Waals surface area contributed by atoms with Gasteiger partial charge in [-0.05, 0) is 43.9 Å². The first kappa shape index (κ1) is 12.5. The lowest BCUT2D eigenvalue weighted by atomic mass is 10.2. The summed E-state index contributed by atoms with van der Waals surface area (Å²) in [5, 5.41) is 8.34. The average Bonchev–Trinajstić information content (AvgIpc) is 2.28. The Balaban J connectivity index is 2.27. The number of ether oxygens (including phenoxy) is 1. The largest absolute Gasteiger partial charge is 0.491 e. The molecule has 0 aliphatic carbocycles. The van der Waals surface area contributed by atoms with Crippen molar-refractivity contribution in [1.29, 1.82) is 5.26 Å². The van der Waals surface area contributed by atoms with Gasteiger partial charge in [0.15, 0.2) is 11.6 Å². The summed E-state index contributed by atoms with van der Waals surface area (Å²) in [6, 6.07) is 6.93. The van der Waals surface area contributed by atoms with Crippen molar-refractivity contribution < 1.29 is 9.13 Å². The van der Waals surface area contributed by atoms with Gasteiger partial charge in [-0.2, -0.15) is 5.26 Å². The Bertz CT molecular complexity index is 371. The van der Waals surface area contributed by atoms with Gasteiger partial charge >= 0.3 is 0 Å². The summed E-state index contributed by atoms with van der Waals surface area (Å²) in [5.74, 6) is 0.00269. The minimum absolute atomic E-state index is 0.317. The first-order chi connectivity index (χ1) is 7.74. The molecule has 0 aliphatic rings. The molecule has 0 radical (unpaired) electrons. The highest BCUT2D eigenvalue weighted by Gasteiger charge is 2.02. The van der Waals surface area contributed by atoms with Crippen LogP contribution >= 0.6 is 0 Å². The van der Waals surface area contributed by atoms with Gasteiger partial charge in [-0.1, -0.05) is 6.07 Å². The molecule has 0 heterocycles. The number of hydrogen-bond donors (Lipinski definition) is 0. The predicted octanol–water partition coefficient (Wildman–Crippen LogP) is 3.60. The molecule has 1 rings (SSSR count). The van der Waals surface area contributed by atoms with Gasteiger partial charge in [0.05, 0.1) is 12.7 Å². The van der Waals surface area contributed by atoms with Gasteiger partial charge in [0.1, 0.15) is 0 Å². The van der Waals surface area contributed by atoms with Crippen molar-refractivity contribution in [3.63, 3.8) is 0 Å². The molecule has 0 amide bonds. The second kappa shape index (κ2) is 6.84. The molecule has 0 aromatic heterocycles. The standard InChI is InChI=1S/C13H16FNO/c1-11-6-7-12(14)13(10-11)16-9-5-3-2-4-8-15/h6-7,10H,2-5,9H2,1H3. The van der Waals surface area contributed by atoms with Crippen molar-refractivity contribution in [2.75, 3.05) is 6.61 Å². The van der Waals surface area contributed by atoms with E-state index in [-0.39, 0.29) is 5.82 Å². The SMILES string of the molecule is Cc1ccc(F)c(OCCCCCC#N)c1. The molecule has 0 spiro atoms. The molecular weight excluding hydrogens is 205 g/mol. The quantitative estimate of drug-likeness (QED) is 0.687. The first-order valence-corrected chi connectivity index (χ1v) is 5.50. The molecule has 1 aromatic carbocycles. The predicted molar refractivity (Wildman–Crippen MR) is 60.7 cm³/mol. The number of unbranched alkanes of at least 4 members (excludes halogenated alkanes) is 3. The Morgan fingerprint density at radius 1 is 1.31 bits per heavy atom. The van der Waals surface area contributed by atoms with Gasteiger partial charge in [0.2, 0.25) is 0 Å². The Labute approximate surface area is 95.7 Å². The van der Waals surface area contributed by atoms with Crippen LogP contribution in [0.1, 0.15) is 31.2 Å². The average molecular weight is 221 g/mol. The number of halogens is 1. The maximum absolute atomic E-state index is 13.2. The van der Waals surface area contributed by atoms with Gasteiger partial charge in [-0.15, -0.1) is 0 Å². The molecule has 0 unspecified atom stereocenters. The number of aryl methyl sites for hydroxylation is 1. The van der Waals surface area contributed by atoms with Crippen molar-refractivity contribution in [3.05, 3.63) is 29.6 Å². The zero-order valence-electron chi connectivity index (χ0n) is 9.50. The molecular formula is C13H16FNO. The summed E-state index contributed by atoms with van der Waals surface area (Å²) in [6.07, 6.45) is 3.27. The maximum atomic E-state index is 13.2. The number of nitrogens with zero attached hydrogens (tertiary/aromatic N) is 1. The second-order valence-corrected chi connectivity index (χ2v) is 3.75. The fraction of sp³-hybridized carbons (Fsp3) is 0.462. The van der Waals surface area contributed by atoms with Crippen molar-refractivity contribution in [1.82, 2.24) is 0 Å². The molecule has 0 N–H and O–H groups in total. The van der Waals surface area contributed by atoms with Crippen LogP contribution in [0.3, 0.4) is 0 Å². The van der Waals surface area contributed by atoms with Crippen LogP contribution < -0.4 is 4.74 Å². The van der Waals surface area contributed by atoms with Crippen LogP contribution in [0.5, 0.6) is 5.75 Å². The van der Waals surface area contributed by atoms with E-state index in [0.717, 1.165) is 24.8 Å². The molecule has 86 valence electrons. The smallest absolute Gasteiger partial charge is 0.165 e. The van der Waals surface area contributed by atoms with Gasteiger partial charge in [0.25, 0.3) is 0 Å². The van der Waals surface area contributed by atoms with E-state index in [2.05, 4.69) is 6.07 Å². The summed E-state index contributed by atoms with van der Waals surface area (Å²) < 4.78 is 18.6. The van der Waals surface area contributed by atoms with Crippen molar-refractivity contribution in [2.24, 2.45) is 0 Å². The van der Waals surface area contributed by atoms with Gasteiger partial charge in [-0.25, -0.2) is 4.39 Å². The minimum atomic E-state index is -0.317. The van der Waals surface area contributed by atoms with Crippen LogP contribution in [0.4, 0.5) is 4.39 Å². The third kappa shape index (κ3) is 4.31. The van der Waals surface area contributed by atoms with Crippen molar-refractivity contribution >= 4 is 0 Å². The normalized spacial score (nSPS) is 9.81. The van der Waals surface area contributed by atoms with E-state index in [0.29, 0.717) is 18.8 Å². The maximum Gasteiger partial charge on any atom is 0.165 e. The number of nitriles is 1. The number of benzene rings is 1. The molecule has 0 fully saturated rings. The van der Waals surface area contributed by atoms with E-state index in [9.17, 15) is 4.39 Å². The molecule has 1 aromatic rings. The zero-order valence-corrected chi connectivity index (χ0v) is 9.50. The summed E-state index contributed by atoms with van der Waals surface area (Å²) in [6.45, 7) is 2.41. The van der Waals surface area contributed by atoms with E-state index in [1.165, 1.54) is 6.07 Å². The van der Waals surface area contributed by atoms with Crippen LogP contribution in [0.15, 0.2) is 18.2 Å². The Morgan fingerprint density at radius 3 is 2.88 bits per heavy atom. The van der Waals surface area contributed by atoms with Crippen LogP contribution in [0.2, 0.25) is 0 Å². The molecule has 0 aliphatic heterocycles. The summed E-state index contributed by atoms with van der Waals surface area (Å²) in [5.41, 5.74) is 0.987.